The van der Waals surface area contributed by atoms with Crippen LogP contribution >= 0.6 is 0 Å². The number of carbonyl (C=O) groups excluding carboxylic acids is 2. The fourth-order valence-electron chi connectivity index (χ4n) is 3.25. The summed E-state index contributed by atoms with van der Waals surface area (Å²) in [4.78, 5) is 28.5. The van der Waals surface area contributed by atoms with Crippen molar-refractivity contribution in [2.75, 3.05) is 51.8 Å². The Labute approximate surface area is 176 Å². The van der Waals surface area contributed by atoms with Gasteiger partial charge in [-0.15, -0.1) is 0 Å². The standard InChI is InChI=1S/C21H29N5O4/c1-24-10-9-19(23-24)22-20(27)7-8-21(28)26-13-11-25(12-14-26)15-16-30-18-5-3-17(29-2)4-6-18/h3-6,9-10H,7-8,11-16H2,1-2H3,(H,22,23,27). The third-order valence-corrected chi connectivity index (χ3v) is 5.01. The van der Waals surface area contributed by atoms with Crippen LogP contribution in [0.4, 0.5) is 5.82 Å². The Bertz CT molecular complexity index is 828. The normalized spacial score (nSPS) is 14.4. The van der Waals surface area contributed by atoms with Crippen LogP contribution in [0, 0.1) is 0 Å². The molecule has 1 fully saturated rings. The Morgan fingerprint density at radius 2 is 1.73 bits per heavy atom. The molecule has 1 aliphatic heterocycles. The largest absolute Gasteiger partial charge is 0.497 e. The molecular weight excluding hydrogens is 386 g/mol. The van der Waals surface area contributed by atoms with E-state index >= 15 is 0 Å². The molecule has 0 unspecified atom stereocenters. The zero-order chi connectivity index (χ0) is 21.3. The minimum absolute atomic E-state index is 0.0142. The van der Waals surface area contributed by atoms with E-state index in [0.29, 0.717) is 25.5 Å². The molecule has 1 aliphatic rings. The van der Waals surface area contributed by atoms with Gasteiger partial charge in [-0.05, 0) is 24.3 Å². The molecule has 0 aliphatic carbocycles. The van der Waals surface area contributed by atoms with Gasteiger partial charge in [0, 0.05) is 64.9 Å². The van der Waals surface area contributed by atoms with Crippen molar-refractivity contribution < 1.29 is 19.1 Å². The van der Waals surface area contributed by atoms with E-state index in [2.05, 4.69) is 15.3 Å². The molecule has 9 nitrogen and oxygen atoms in total. The van der Waals surface area contributed by atoms with Gasteiger partial charge in [-0.3, -0.25) is 19.2 Å². The van der Waals surface area contributed by atoms with Crippen molar-refractivity contribution in [1.82, 2.24) is 19.6 Å². The predicted molar refractivity (Wildman–Crippen MR) is 113 cm³/mol. The van der Waals surface area contributed by atoms with Gasteiger partial charge in [0.2, 0.25) is 11.8 Å². The highest BCUT2D eigenvalue weighted by molar-refractivity contribution is 5.92. The second-order valence-electron chi connectivity index (χ2n) is 7.17. The van der Waals surface area contributed by atoms with E-state index in [1.165, 1.54) is 0 Å². The van der Waals surface area contributed by atoms with Gasteiger partial charge in [-0.25, -0.2) is 0 Å². The van der Waals surface area contributed by atoms with Crippen molar-refractivity contribution in [3.8, 4) is 11.5 Å². The van der Waals surface area contributed by atoms with Gasteiger partial charge in [0.25, 0.3) is 0 Å². The quantitative estimate of drug-likeness (QED) is 0.666. The highest BCUT2D eigenvalue weighted by atomic mass is 16.5. The first-order valence-electron chi connectivity index (χ1n) is 10.1. The number of aromatic nitrogens is 2. The average Bonchev–Trinajstić information content (AvgIpc) is 3.17. The third kappa shape index (κ3) is 6.48. The van der Waals surface area contributed by atoms with Gasteiger partial charge in [-0.2, -0.15) is 5.10 Å². The second-order valence-corrected chi connectivity index (χ2v) is 7.17. The average molecular weight is 415 g/mol. The summed E-state index contributed by atoms with van der Waals surface area (Å²) >= 11 is 0. The lowest BCUT2D eigenvalue weighted by molar-refractivity contribution is -0.134. The third-order valence-electron chi connectivity index (χ3n) is 5.01. The van der Waals surface area contributed by atoms with Crippen LogP contribution in [-0.2, 0) is 16.6 Å². The van der Waals surface area contributed by atoms with Crippen LogP contribution in [0.25, 0.3) is 0 Å². The van der Waals surface area contributed by atoms with Crippen LogP contribution in [0.15, 0.2) is 36.5 Å². The number of hydrogen-bond donors (Lipinski definition) is 1. The van der Waals surface area contributed by atoms with Gasteiger partial charge in [0.1, 0.15) is 18.1 Å². The lowest BCUT2D eigenvalue weighted by Crippen LogP contribution is -2.49. The monoisotopic (exact) mass is 415 g/mol. The fourth-order valence-corrected chi connectivity index (χ4v) is 3.25. The molecule has 162 valence electrons. The Morgan fingerprint density at radius 3 is 2.37 bits per heavy atom. The molecule has 2 heterocycles. The number of piperazine rings is 1. The number of nitrogens with one attached hydrogen (secondary N) is 1. The number of rotatable bonds is 9. The number of aryl methyl sites for hydroxylation is 1. The highest BCUT2D eigenvalue weighted by Crippen LogP contribution is 2.17. The van der Waals surface area contributed by atoms with E-state index in [0.717, 1.165) is 31.1 Å². The summed E-state index contributed by atoms with van der Waals surface area (Å²) in [5, 5.41) is 6.80. The van der Waals surface area contributed by atoms with E-state index in [1.54, 1.807) is 31.1 Å². The number of carbonyl (C=O) groups is 2. The number of hydrogen-bond acceptors (Lipinski definition) is 6. The fraction of sp³-hybridized carbons (Fsp3) is 0.476. The van der Waals surface area contributed by atoms with Crippen LogP contribution in [0.5, 0.6) is 11.5 Å². The van der Waals surface area contributed by atoms with Crippen LogP contribution in [0.1, 0.15) is 12.8 Å². The lowest BCUT2D eigenvalue weighted by atomic mass is 10.2. The molecule has 30 heavy (non-hydrogen) atoms. The van der Waals surface area contributed by atoms with Crippen molar-refractivity contribution in [3.63, 3.8) is 0 Å². The number of ether oxygens (including phenoxy) is 2. The molecule has 1 saturated heterocycles. The topological polar surface area (TPSA) is 88.9 Å². The SMILES string of the molecule is COc1ccc(OCCN2CCN(C(=O)CCC(=O)Nc3ccn(C)n3)CC2)cc1. The summed E-state index contributed by atoms with van der Waals surface area (Å²) < 4.78 is 12.5. The first kappa shape index (κ1) is 21.6. The molecule has 0 spiro atoms. The summed E-state index contributed by atoms with van der Waals surface area (Å²) in [6.07, 6.45) is 2.12. The second kappa shape index (κ2) is 10.6. The molecule has 0 bridgehead atoms. The van der Waals surface area contributed by atoms with Gasteiger partial charge >= 0.3 is 0 Å². The summed E-state index contributed by atoms with van der Waals surface area (Å²) in [7, 11) is 3.42. The smallest absolute Gasteiger partial charge is 0.226 e. The summed E-state index contributed by atoms with van der Waals surface area (Å²) in [5.41, 5.74) is 0. The summed E-state index contributed by atoms with van der Waals surface area (Å²) in [6.45, 7) is 4.34. The Hall–Kier alpha value is -3.07. The first-order chi connectivity index (χ1) is 14.5. The minimum atomic E-state index is -0.198. The number of amides is 2. The molecule has 2 amide bonds. The summed E-state index contributed by atoms with van der Waals surface area (Å²) in [6, 6.07) is 9.24. The summed E-state index contributed by atoms with van der Waals surface area (Å²) in [5.74, 6) is 1.93. The molecule has 1 aromatic heterocycles. The van der Waals surface area contributed by atoms with Crippen molar-refractivity contribution in [3.05, 3.63) is 36.5 Å². The van der Waals surface area contributed by atoms with Crippen molar-refractivity contribution in [2.45, 2.75) is 12.8 Å². The van der Waals surface area contributed by atoms with Gasteiger partial charge in [-0.1, -0.05) is 0 Å². The predicted octanol–water partition coefficient (Wildman–Crippen LogP) is 1.37. The van der Waals surface area contributed by atoms with E-state index < -0.39 is 0 Å². The zero-order valence-electron chi connectivity index (χ0n) is 17.5. The minimum Gasteiger partial charge on any atom is -0.497 e. The molecule has 1 aromatic carbocycles. The van der Waals surface area contributed by atoms with Crippen molar-refractivity contribution in [1.29, 1.82) is 0 Å². The highest BCUT2D eigenvalue weighted by Gasteiger charge is 2.21. The number of methoxy groups -OCH3 is 1. The van der Waals surface area contributed by atoms with Crippen LogP contribution in [0.3, 0.4) is 0 Å². The first-order valence-corrected chi connectivity index (χ1v) is 10.1. The Kier molecular flexibility index (Phi) is 7.67. The maximum atomic E-state index is 12.4. The van der Waals surface area contributed by atoms with Crippen LogP contribution < -0.4 is 14.8 Å². The Balaban J connectivity index is 1.30. The Morgan fingerprint density at radius 1 is 1.03 bits per heavy atom. The number of anilines is 1. The van der Waals surface area contributed by atoms with Crippen molar-refractivity contribution in [2.24, 2.45) is 7.05 Å². The molecule has 1 N–H and O–H groups in total. The lowest BCUT2D eigenvalue weighted by Gasteiger charge is -2.34. The van der Waals surface area contributed by atoms with Gasteiger partial charge in [0.05, 0.1) is 7.11 Å². The molecule has 0 radical (unpaired) electrons. The zero-order valence-corrected chi connectivity index (χ0v) is 17.5. The molecule has 9 heteroatoms. The van der Waals surface area contributed by atoms with E-state index in [4.69, 9.17) is 9.47 Å². The number of benzene rings is 1. The van der Waals surface area contributed by atoms with Crippen molar-refractivity contribution >= 4 is 17.6 Å². The number of nitrogens with zero attached hydrogens (tertiary/aromatic N) is 4. The molecule has 0 atom stereocenters. The van der Waals surface area contributed by atoms with E-state index in [-0.39, 0.29) is 24.7 Å². The molecule has 3 rings (SSSR count). The van der Waals surface area contributed by atoms with Crippen LogP contribution in [-0.4, -0.2) is 77.8 Å². The maximum absolute atomic E-state index is 12.4. The van der Waals surface area contributed by atoms with E-state index in [1.807, 2.05) is 29.2 Å². The van der Waals surface area contributed by atoms with E-state index in [9.17, 15) is 9.59 Å². The van der Waals surface area contributed by atoms with Crippen LogP contribution in [0.2, 0.25) is 0 Å². The maximum Gasteiger partial charge on any atom is 0.226 e. The van der Waals surface area contributed by atoms with Gasteiger partial charge < -0.3 is 19.7 Å². The molecular formula is C21H29N5O4. The van der Waals surface area contributed by atoms with Gasteiger partial charge in [0.15, 0.2) is 5.82 Å². The molecule has 2 aromatic rings. The molecule has 0 saturated carbocycles.